The lowest BCUT2D eigenvalue weighted by Gasteiger charge is -2.13. The van der Waals surface area contributed by atoms with Gasteiger partial charge in [0.2, 0.25) is 9.84 Å². The number of aryl methyl sites for hydroxylation is 1. The van der Waals surface area contributed by atoms with Crippen LogP contribution in [0.2, 0.25) is 0 Å². The van der Waals surface area contributed by atoms with E-state index in [0.717, 1.165) is 17.4 Å². The van der Waals surface area contributed by atoms with Gasteiger partial charge in [-0.25, -0.2) is 13.2 Å². The van der Waals surface area contributed by atoms with Gasteiger partial charge in [0.25, 0.3) is 0 Å². The fourth-order valence-corrected chi connectivity index (χ4v) is 7.50. The zero-order valence-electron chi connectivity index (χ0n) is 20.6. The van der Waals surface area contributed by atoms with E-state index in [1.54, 1.807) is 19.2 Å². The third-order valence-corrected chi connectivity index (χ3v) is 10.3. The molecule has 0 aliphatic carbocycles. The molecule has 0 aliphatic heterocycles. The number of halogens is 6. The van der Waals surface area contributed by atoms with Crippen LogP contribution >= 0.6 is 23.1 Å². The minimum atomic E-state index is -5.57. The highest BCUT2D eigenvalue weighted by atomic mass is 32.2. The Kier molecular flexibility index (Phi) is 10.2. The van der Waals surface area contributed by atoms with Gasteiger partial charge in [0.15, 0.2) is 0 Å². The summed E-state index contributed by atoms with van der Waals surface area (Å²) >= 11 is 2.31. The number of rotatable bonds is 7. The number of anilines is 1. The van der Waals surface area contributed by atoms with Crippen LogP contribution in [0.25, 0.3) is 11.1 Å². The highest BCUT2D eigenvalue weighted by Crippen LogP contribution is 2.38. The number of carboxylic acid groups (broad SMARTS) is 1. The maximum atomic E-state index is 13.3. The second-order valence-electron chi connectivity index (χ2n) is 7.80. The molecule has 0 aliphatic rings. The Morgan fingerprint density at radius 3 is 2.07 bits per heavy atom. The van der Waals surface area contributed by atoms with Gasteiger partial charge in [0.1, 0.15) is 5.84 Å². The topological polar surface area (TPSA) is 167 Å². The Morgan fingerprint density at radius 2 is 1.61 bits per heavy atom. The van der Waals surface area contributed by atoms with Gasteiger partial charge in [-0.15, -0.1) is 23.1 Å². The molecule has 0 radical (unpaired) electrons. The van der Waals surface area contributed by atoms with Crippen molar-refractivity contribution in [1.29, 1.82) is 5.41 Å². The number of nitrogens with one attached hydrogen (secondary N) is 2. The van der Waals surface area contributed by atoms with Gasteiger partial charge >= 0.3 is 27.7 Å². The molecule has 3 aromatic rings. The number of aliphatic carboxylic acids is 1. The molecule has 0 spiro atoms. The van der Waals surface area contributed by atoms with Crippen LogP contribution in [0, 0.1) is 12.3 Å². The van der Waals surface area contributed by atoms with Crippen LogP contribution in [0.1, 0.15) is 10.4 Å². The van der Waals surface area contributed by atoms with E-state index < -0.39 is 37.5 Å². The van der Waals surface area contributed by atoms with Crippen molar-refractivity contribution >= 4 is 60.5 Å². The molecule has 1 aromatic heterocycles. The number of sulfonamides is 1. The number of nitrogens with two attached hydrogens (primary N) is 1. The number of hydrogen-bond acceptors (Lipinski definition) is 8. The van der Waals surface area contributed by atoms with E-state index in [2.05, 4.69) is 0 Å². The standard InChI is InChI=1S/C20H18F3N3O4S4.C2HF3O2/c1-11-8-13(26-34(29,30)20(21,22)23)6-7-15(11)12-4-3-5-14(9-12)33(27,28)17-10-16(18(24)25)32-19(17)31-2;3-2(4,5)1(6)7/h3-10,26H,1-2H3,(H3,24,25);(H,6,7). The van der Waals surface area contributed by atoms with Crippen LogP contribution in [0.15, 0.2) is 62.5 Å². The van der Waals surface area contributed by atoms with Crippen molar-refractivity contribution in [1.82, 2.24) is 0 Å². The summed E-state index contributed by atoms with van der Waals surface area (Å²) in [5.41, 5.74) is 1.18. The summed E-state index contributed by atoms with van der Waals surface area (Å²) in [7, 11) is -9.53. The van der Waals surface area contributed by atoms with Crippen molar-refractivity contribution in [2.75, 3.05) is 11.0 Å². The van der Waals surface area contributed by atoms with Gasteiger partial charge in [-0.05, 0) is 60.2 Å². The average molecular weight is 664 g/mol. The number of amidine groups is 1. The fraction of sp³-hybridized carbons (Fsp3) is 0.182. The molecular formula is C22H19F6N3O6S4. The molecule has 0 atom stereocenters. The van der Waals surface area contributed by atoms with E-state index >= 15 is 0 Å². The number of hydrogen-bond donors (Lipinski definition) is 4. The van der Waals surface area contributed by atoms with E-state index in [9.17, 15) is 43.2 Å². The molecular weight excluding hydrogens is 645 g/mol. The van der Waals surface area contributed by atoms with Crippen molar-refractivity contribution in [3.05, 3.63) is 59.0 Å². The van der Waals surface area contributed by atoms with Crippen LogP contribution in [0.4, 0.5) is 32.0 Å². The van der Waals surface area contributed by atoms with Gasteiger partial charge in [0, 0.05) is 5.69 Å². The Balaban J connectivity index is 0.000000745. The minimum absolute atomic E-state index is 0.0190. The summed E-state index contributed by atoms with van der Waals surface area (Å²) in [6, 6.07) is 11.1. The molecule has 0 saturated heterocycles. The quantitative estimate of drug-likeness (QED) is 0.112. The molecule has 0 fully saturated rings. The Labute approximate surface area is 237 Å². The highest BCUT2D eigenvalue weighted by Gasteiger charge is 2.46. The number of sulfone groups is 1. The minimum Gasteiger partial charge on any atom is -0.475 e. The number of thioether (sulfide) groups is 1. The van der Waals surface area contributed by atoms with Crippen LogP contribution in [0.5, 0.6) is 0 Å². The van der Waals surface area contributed by atoms with E-state index in [4.69, 9.17) is 21.0 Å². The predicted molar refractivity (Wildman–Crippen MR) is 141 cm³/mol. The predicted octanol–water partition coefficient (Wildman–Crippen LogP) is 5.46. The van der Waals surface area contributed by atoms with Crippen LogP contribution < -0.4 is 10.5 Å². The first kappa shape index (κ1) is 33.9. The summed E-state index contributed by atoms with van der Waals surface area (Å²) in [6.45, 7) is 1.56. The maximum absolute atomic E-state index is 13.3. The van der Waals surface area contributed by atoms with Gasteiger partial charge in [0.05, 0.1) is 18.9 Å². The molecule has 9 nitrogen and oxygen atoms in total. The number of nitrogen functional groups attached to an aromatic ring is 1. The number of thiophene rings is 1. The summed E-state index contributed by atoms with van der Waals surface area (Å²) in [6.07, 6.45) is -3.37. The molecule has 0 bridgehead atoms. The largest absolute Gasteiger partial charge is 0.516 e. The van der Waals surface area contributed by atoms with Crippen molar-refractivity contribution < 1.29 is 53.1 Å². The fourth-order valence-electron chi connectivity index (χ4n) is 3.04. The molecule has 19 heteroatoms. The van der Waals surface area contributed by atoms with Gasteiger partial charge in [-0.2, -0.15) is 34.8 Å². The first-order valence-corrected chi connectivity index (χ1v) is 15.5. The normalized spacial score (nSPS) is 12.3. The van der Waals surface area contributed by atoms with E-state index in [1.807, 2.05) is 0 Å². The van der Waals surface area contributed by atoms with Crippen LogP contribution in [0.3, 0.4) is 0 Å². The van der Waals surface area contributed by atoms with Crippen LogP contribution in [-0.2, 0) is 24.7 Å². The average Bonchev–Trinajstić information content (AvgIpc) is 3.29. The number of carbonyl (C=O) groups is 1. The second kappa shape index (κ2) is 12.3. The number of alkyl halides is 6. The van der Waals surface area contributed by atoms with Gasteiger partial charge in [-0.3, -0.25) is 10.1 Å². The Bertz CT molecular complexity index is 1680. The first-order chi connectivity index (χ1) is 18.6. The third kappa shape index (κ3) is 8.14. The smallest absolute Gasteiger partial charge is 0.475 e. The van der Waals surface area contributed by atoms with Crippen molar-refractivity contribution in [2.45, 2.75) is 32.6 Å². The maximum Gasteiger partial charge on any atom is 0.516 e. The summed E-state index contributed by atoms with van der Waals surface area (Å²) in [4.78, 5) is 9.23. The SMILES string of the molecule is CSc1sc(C(=N)N)cc1S(=O)(=O)c1cccc(-c2ccc(NS(=O)(=O)C(F)(F)F)cc2C)c1.O=C(O)C(F)(F)F. The van der Waals surface area contributed by atoms with E-state index in [0.29, 0.717) is 25.8 Å². The highest BCUT2D eigenvalue weighted by molar-refractivity contribution is 8.01. The molecule has 0 amide bonds. The molecule has 0 unspecified atom stereocenters. The molecule has 224 valence electrons. The van der Waals surface area contributed by atoms with Crippen molar-refractivity contribution in [3.8, 4) is 11.1 Å². The number of benzene rings is 2. The third-order valence-electron chi connectivity index (χ3n) is 4.89. The molecule has 3 rings (SSSR count). The first-order valence-electron chi connectivity index (χ1n) is 10.5. The Hall–Kier alpha value is -3.29. The summed E-state index contributed by atoms with van der Waals surface area (Å²) in [5.74, 6) is -3.00. The van der Waals surface area contributed by atoms with Crippen molar-refractivity contribution in [3.63, 3.8) is 0 Å². The summed E-state index contributed by atoms with van der Waals surface area (Å²) in [5, 5.41) is 14.7. The van der Waals surface area contributed by atoms with Gasteiger partial charge < -0.3 is 10.8 Å². The molecule has 41 heavy (non-hydrogen) atoms. The van der Waals surface area contributed by atoms with Crippen molar-refractivity contribution in [2.24, 2.45) is 5.73 Å². The monoisotopic (exact) mass is 663 g/mol. The second-order valence-corrected chi connectivity index (χ2v) is 13.5. The lowest BCUT2D eigenvalue weighted by Crippen LogP contribution is -2.29. The van der Waals surface area contributed by atoms with E-state index in [1.165, 1.54) is 52.9 Å². The molecule has 0 saturated carbocycles. The zero-order chi connectivity index (χ0) is 31.6. The lowest BCUT2D eigenvalue weighted by molar-refractivity contribution is -0.192. The Morgan fingerprint density at radius 1 is 1.02 bits per heavy atom. The van der Waals surface area contributed by atoms with Gasteiger partial charge in [-0.1, -0.05) is 18.2 Å². The molecule has 5 N–H and O–H groups in total. The lowest BCUT2D eigenvalue weighted by atomic mass is 10.0. The zero-order valence-corrected chi connectivity index (χ0v) is 23.9. The van der Waals surface area contributed by atoms with Crippen LogP contribution in [-0.4, -0.2) is 51.7 Å². The molecule has 1 heterocycles. The number of carboxylic acids is 1. The molecule has 2 aromatic carbocycles. The summed E-state index contributed by atoms with van der Waals surface area (Å²) < 4.78 is 121. The van der Waals surface area contributed by atoms with E-state index in [-0.39, 0.29) is 21.3 Å².